The number of carboxylic acid groups (broad SMARTS) is 1. The van der Waals surface area contributed by atoms with E-state index in [9.17, 15) is 23.1 Å². The van der Waals surface area contributed by atoms with Gasteiger partial charge in [-0.3, -0.25) is 9.10 Å². The van der Waals surface area contributed by atoms with Crippen molar-refractivity contribution in [3.63, 3.8) is 0 Å². The molecule has 2 aliphatic heterocycles. The standard InChI is InChI=1S/C21H21BrN2O6S/c1-13-3-2-4-16(9-13)31(28,29)24-12-15(30-18-6-5-14(22)10-17(18)24)11-21(20(26)27)8-7-19(25)23-21/h2-6,9-10,15H,7-8,11-12H2,1H3,(H,23,25)(H,26,27)/t15-,21?/m0/s1. The van der Waals surface area contributed by atoms with Gasteiger partial charge in [0.25, 0.3) is 10.0 Å². The molecule has 31 heavy (non-hydrogen) atoms. The van der Waals surface area contributed by atoms with Crippen molar-refractivity contribution in [1.29, 1.82) is 0 Å². The molecule has 0 radical (unpaired) electrons. The van der Waals surface area contributed by atoms with E-state index in [2.05, 4.69) is 21.2 Å². The van der Waals surface area contributed by atoms with E-state index in [1.165, 1.54) is 10.4 Å². The van der Waals surface area contributed by atoms with Crippen molar-refractivity contribution < 1.29 is 27.9 Å². The number of nitrogens with zero attached hydrogens (tertiary/aromatic N) is 1. The average molecular weight is 509 g/mol. The van der Waals surface area contributed by atoms with E-state index >= 15 is 0 Å². The van der Waals surface area contributed by atoms with Crippen LogP contribution in [-0.4, -0.2) is 43.6 Å². The molecule has 8 nitrogen and oxygen atoms in total. The fourth-order valence-electron chi connectivity index (χ4n) is 4.03. The van der Waals surface area contributed by atoms with Crippen LogP contribution in [0, 0.1) is 6.92 Å². The Bertz CT molecular complexity index is 1170. The van der Waals surface area contributed by atoms with Crippen LogP contribution >= 0.6 is 15.9 Å². The quantitative estimate of drug-likeness (QED) is 0.641. The molecule has 0 aromatic heterocycles. The molecule has 0 saturated carbocycles. The lowest BCUT2D eigenvalue weighted by Gasteiger charge is -2.38. The first-order chi connectivity index (χ1) is 14.6. The second-order valence-electron chi connectivity index (χ2n) is 7.84. The van der Waals surface area contributed by atoms with Gasteiger partial charge in [-0.1, -0.05) is 28.1 Å². The van der Waals surface area contributed by atoms with Gasteiger partial charge in [-0.2, -0.15) is 0 Å². The molecular formula is C21H21BrN2O6S. The second kappa shape index (κ2) is 7.83. The van der Waals surface area contributed by atoms with Crippen molar-refractivity contribution in [2.45, 2.75) is 42.7 Å². The van der Waals surface area contributed by atoms with Gasteiger partial charge in [0.05, 0.1) is 17.1 Å². The fraction of sp³-hybridized carbons (Fsp3) is 0.333. The number of aliphatic carboxylic acids is 1. The predicted molar refractivity (Wildman–Crippen MR) is 117 cm³/mol. The molecule has 0 bridgehead atoms. The van der Waals surface area contributed by atoms with Gasteiger partial charge in [0.15, 0.2) is 0 Å². The minimum atomic E-state index is -3.93. The maximum atomic E-state index is 13.5. The number of carbonyl (C=O) groups is 2. The molecule has 2 aliphatic rings. The number of anilines is 1. The third kappa shape index (κ3) is 4.01. The van der Waals surface area contributed by atoms with Crippen LogP contribution in [0.15, 0.2) is 51.8 Å². The molecule has 1 amide bonds. The van der Waals surface area contributed by atoms with Crippen molar-refractivity contribution in [3.8, 4) is 5.75 Å². The van der Waals surface area contributed by atoms with Crippen LogP contribution in [-0.2, 0) is 19.6 Å². The highest BCUT2D eigenvalue weighted by Gasteiger charge is 2.48. The van der Waals surface area contributed by atoms with Gasteiger partial charge in [0.2, 0.25) is 5.91 Å². The van der Waals surface area contributed by atoms with E-state index in [4.69, 9.17) is 4.74 Å². The molecule has 0 aliphatic carbocycles. The number of nitrogens with one attached hydrogen (secondary N) is 1. The third-order valence-corrected chi connectivity index (χ3v) is 7.84. The largest absolute Gasteiger partial charge is 0.486 e. The monoisotopic (exact) mass is 508 g/mol. The maximum absolute atomic E-state index is 13.5. The van der Waals surface area contributed by atoms with Crippen LogP contribution in [0.4, 0.5) is 5.69 Å². The van der Waals surface area contributed by atoms with Crippen molar-refractivity contribution in [2.75, 3.05) is 10.8 Å². The van der Waals surface area contributed by atoms with Gasteiger partial charge < -0.3 is 15.2 Å². The Balaban J connectivity index is 1.74. The number of sulfonamides is 1. The number of halogens is 1. The third-order valence-electron chi connectivity index (χ3n) is 5.57. The van der Waals surface area contributed by atoms with Crippen LogP contribution in [0.5, 0.6) is 5.75 Å². The van der Waals surface area contributed by atoms with E-state index in [1.54, 1.807) is 30.3 Å². The normalized spacial score (nSPS) is 23.1. The number of amides is 1. The summed E-state index contributed by atoms with van der Waals surface area (Å²) in [5, 5.41) is 12.3. The van der Waals surface area contributed by atoms with Crippen LogP contribution in [0.25, 0.3) is 0 Å². The summed E-state index contributed by atoms with van der Waals surface area (Å²) >= 11 is 3.37. The Kier molecular flexibility index (Phi) is 5.47. The summed E-state index contributed by atoms with van der Waals surface area (Å²) in [6, 6.07) is 11.6. The summed E-state index contributed by atoms with van der Waals surface area (Å²) < 4.78 is 35.0. The molecule has 1 unspecified atom stereocenters. The number of carbonyl (C=O) groups excluding carboxylic acids is 1. The smallest absolute Gasteiger partial charge is 0.329 e. The van der Waals surface area contributed by atoms with Gasteiger partial charge in [-0.25, -0.2) is 13.2 Å². The molecule has 164 valence electrons. The Morgan fingerprint density at radius 1 is 1.32 bits per heavy atom. The van der Waals surface area contributed by atoms with Gasteiger partial charge in [0.1, 0.15) is 17.4 Å². The van der Waals surface area contributed by atoms with Crippen LogP contribution in [0.2, 0.25) is 0 Å². The Morgan fingerprint density at radius 2 is 2.10 bits per heavy atom. The zero-order valence-corrected chi connectivity index (χ0v) is 19.1. The molecule has 4 rings (SSSR count). The molecular weight excluding hydrogens is 488 g/mol. The zero-order chi connectivity index (χ0) is 22.4. The number of fused-ring (bicyclic) bond motifs is 1. The van der Waals surface area contributed by atoms with Crippen molar-refractivity contribution in [2.24, 2.45) is 0 Å². The minimum absolute atomic E-state index is 0.0522. The maximum Gasteiger partial charge on any atom is 0.329 e. The van der Waals surface area contributed by atoms with Crippen LogP contribution < -0.4 is 14.4 Å². The lowest BCUT2D eigenvalue weighted by molar-refractivity contribution is -0.146. The minimum Gasteiger partial charge on any atom is -0.486 e. The van der Waals surface area contributed by atoms with Crippen LogP contribution in [0.3, 0.4) is 0 Å². The van der Waals surface area contributed by atoms with E-state index in [1.807, 2.05) is 13.0 Å². The Hall–Kier alpha value is -2.59. The molecule has 2 atom stereocenters. The number of ether oxygens (including phenoxy) is 1. The number of benzene rings is 2. The summed E-state index contributed by atoms with van der Waals surface area (Å²) in [5.74, 6) is -1.16. The second-order valence-corrected chi connectivity index (χ2v) is 10.6. The molecule has 2 heterocycles. The molecule has 1 fully saturated rings. The summed E-state index contributed by atoms with van der Waals surface area (Å²) in [6.45, 7) is 1.73. The molecule has 2 aromatic carbocycles. The SMILES string of the molecule is Cc1cccc(S(=O)(=O)N2C[C@H](CC3(C(=O)O)CCC(=O)N3)Oc3ccc(Br)cc32)c1. The van der Waals surface area contributed by atoms with E-state index in [-0.39, 0.29) is 36.6 Å². The highest BCUT2D eigenvalue weighted by atomic mass is 79.9. The first-order valence-electron chi connectivity index (χ1n) is 9.71. The zero-order valence-electron chi connectivity index (χ0n) is 16.7. The Morgan fingerprint density at radius 3 is 2.74 bits per heavy atom. The van der Waals surface area contributed by atoms with Crippen molar-refractivity contribution in [3.05, 3.63) is 52.5 Å². The summed E-state index contributed by atoms with van der Waals surface area (Å²) in [7, 11) is -3.93. The first kappa shape index (κ1) is 21.6. The molecule has 10 heteroatoms. The highest BCUT2D eigenvalue weighted by Crippen LogP contribution is 2.41. The summed E-state index contributed by atoms with van der Waals surface area (Å²) in [4.78, 5) is 23.9. The number of carboxylic acids is 1. The van der Waals surface area contributed by atoms with Crippen molar-refractivity contribution in [1.82, 2.24) is 5.32 Å². The van der Waals surface area contributed by atoms with E-state index in [0.29, 0.717) is 15.9 Å². The van der Waals surface area contributed by atoms with Gasteiger partial charge >= 0.3 is 5.97 Å². The van der Waals surface area contributed by atoms with E-state index in [0.717, 1.165) is 5.56 Å². The van der Waals surface area contributed by atoms with Gasteiger partial charge in [-0.15, -0.1) is 0 Å². The van der Waals surface area contributed by atoms with Gasteiger partial charge in [-0.05, 0) is 49.2 Å². The molecule has 0 spiro atoms. The van der Waals surface area contributed by atoms with E-state index < -0.39 is 27.6 Å². The molecule has 2 N–H and O–H groups in total. The predicted octanol–water partition coefficient (Wildman–Crippen LogP) is 2.84. The molecule has 1 saturated heterocycles. The topological polar surface area (TPSA) is 113 Å². The number of rotatable bonds is 5. The first-order valence-corrected chi connectivity index (χ1v) is 11.9. The highest BCUT2D eigenvalue weighted by molar-refractivity contribution is 9.10. The van der Waals surface area contributed by atoms with Gasteiger partial charge in [0, 0.05) is 17.3 Å². The number of hydrogen-bond acceptors (Lipinski definition) is 5. The summed E-state index contributed by atoms with van der Waals surface area (Å²) in [5.41, 5.74) is -0.307. The number of aryl methyl sites for hydroxylation is 1. The lowest BCUT2D eigenvalue weighted by atomic mass is 9.90. The van der Waals surface area contributed by atoms with Crippen molar-refractivity contribution >= 4 is 43.5 Å². The Labute approximate surface area is 188 Å². The van der Waals surface area contributed by atoms with Crippen LogP contribution in [0.1, 0.15) is 24.8 Å². The average Bonchev–Trinajstić information content (AvgIpc) is 3.09. The summed E-state index contributed by atoms with van der Waals surface area (Å²) in [6.07, 6.45) is -0.585. The molecule has 2 aromatic rings. The lowest BCUT2D eigenvalue weighted by Crippen LogP contribution is -2.54. The fourth-order valence-corrected chi connectivity index (χ4v) is 5.98. The number of hydrogen-bond donors (Lipinski definition) is 2.